The van der Waals surface area contributed by atoms with Crippen LogP contribution in [0.5, 0.6) is 0 Å². The third-order valence-electron chi connectivity index (χ3n) is 0.363. The summed E-state index contributed by atoms with van der Waals surface area (Å²) in [4.78, 5) is 0. The largest absolute Gasteiger partial charge is 0.405 e. The molecule has 0 aromatic heterocycles. The van der Waals surface area contributed by atoms with E-state index >= 15 is 0 Å². The smallest absolute Gasteiger partial charge is 0.0365 e. The summed E-state index contributed by atoms with van der Waals surface area (Å²) in [6.07, 6.45) is 6.65. The highest BCUT2D eigenvalue weighted by atomic mass is 32.2. The topological polar surface area (TPSA) is 38.4 Å². The fourth-order valence-electron chi connectivity index (χ4n) is 0.146. The molecule has 3 heteroatoms. The Labute approximate surface area is 47.6 Å². The summed E-state index contributed by atoms with van der Waals surface area (Å²) >= 11 is 1.40. The van der Waals surface area contributed by atoms with Gasteiger partial charge in [0.1, 0.15) is 0 Å². The molecule has 0 aromatic carbocycles. The molecule has 0 radical (unpaired) electrons. The Kier molecular flexibility index (Phi) is 5.21. The second-order valence-corrected chi connectivity index (χ2v) is 1.40. The molecule has 0 atom stereocenters. The number of rotatable bonds is 2. The van der Waals surface area contributed by atoms with Gasteiger partial charge in [-0.3, -0.25) is 0 Å². The van der Waals surface area contributed by atoms with Gasteiger partial charge in [-0.25, -0.2) is 4.40 Å². The molecule has 0 aliphatic rings. The molecule has 0 saturated carbocycles. The summed E-state index contributed by atoms with van der Waals surface area (Å²) in [5.41, 5.74) is 4.99. The van der Waals surface area contributed by atoms with Crippen LogP contribution in [0.25, 0.3) is 0 Å². The third kappa shape index (κ3) is 5.56. The van der Waals surface area contributed by atoms with Crippen molar-refractivity contribution in [1.82, 2.24) is 0 Å². The van der Waals surface area contributed by atoms with Crippen molar-refractivity contribution in [2.24, 2.45) is 10.1 Å². The predicted molar refractivity (Wildman–Crippen MR) is 35.3 cm³/mol. The van der Waals surface area contributed by atoms with Gasteiger partial charge >= 0.3 is 0 Å². The van der Waals surface area contributed by atoms with Crippen molar-refractivity contribution in [3.8, 4) is 0 Å². The van der Waals surface area contributed by atoms with Gasteiger partial charge in [-0.1, -0.05) is 0 Å². The van der Waals surface area contributed by atoms with Gasteiger partial charge in [-0.15, -0.1) is 0 Å². The second-order valence-electron chi connectivity index (χ2n) is 0.822. The summed E-state index contributed by atoms with van der Waals surface area (Å²) in [7, 11) is 0. The zero-order valence-corrected chi connectivity index (χ0v) is 4.98. The van der Waals surface area contributed by atoms with E-state index in [0.717, 1.165) is 0 Å². The van der Waals surface area contributed by atoms with E-state index in [2.05, 4.69) is 4.40 Å². The molecular formula is C4H8N2S. The second kappa shape index (κ2) is 5.56. The standard InChI is InChI=1S/C4H8N2S/c1-7-6-4-2-3-5/h2-4H,5H2,1H3. The van der Waals surface area contributed by atoms with Gasteiger partial charge in [0, 0.05) is 12.5 Å². The van der Waals surface area contributed by atoms with Crippen LogP contribution < -0.4 is 5.73 Å². The van der Waals surface area contributed by atoms with Crippen LogP contribution in [-0.4, -0.2) is 12.5 Å². The lowest BCUT2D eigenvalue weighted by molar-refractivity contribution is 1.62. The average molecular weight is 116 g/mol. The maximum atomic E-state index is 4.99. The van der Waals surface area contributed by atoms with Crippen molar-refractivity contribution in [2.45, 2.75) is 0 Å². The van der Waals surface area contributed by atoms with Crippen LogP contribution in [0.3, 0.4) is 0 Å². The predicted octanol–water partition coefficient (Wildman–Crippen LogP) is 0.808. The van der Waals surface area contributed by atoms with Gasteiger partial charge in [0.05, 0.1) is 0 Å². The van der Waals surface area contributed by atoms with E-state index in [-0.39, 0.29) is 0 Å². The van der Waals surface area contributed by atoms with Crippen molar-refractivity contribution in [3.05, 3.63) is 12.3 Å². The lowest BCUT2D eigenvalue weighted by Crippen LogP contribution is -1.74. The van der Waals surface area contributed by atoms with E-state index < -0.39 is 0 Å². The number of nitrogens with zero attached hydrogens (tertiary/aromatic N) is 1. The van der Waals surface area contributed by atoms with E-state index in [1.807, 2.05) is 6.26 Å². The molecule has 0 spiro atoms. The van der Waals surface area contributed by atoms with E-state index in [4.69, 9.17) is 5.73 Å². The molecule has 0 bridgehead atoms. The summed E-state index contributed by atoms with van der Waals surface area (Å²) in [5.74, 6) is 0. The SMILES string of the molecule is CSN=CC=CN. The van der Waals surface area contributed by atoms with Gasteiger partial charge in [-0.2, -0.15) is 0 Å². The number of nitrogens with two attached hydrogens (primary N) is 1. The minimum atomic E-state index is 1.40. The lowest BCUT2D eigenvalue weighted by atomic mass is 10.7. The highest BCUT2D eigenvalue weighted by Crippen LogP contribution is 1.88. The summed E-state index contributed by atoms with van der Waals surface area (Å²) in [5, 5.41) is 0. The van der Waals surface area contributed by atoms with Crippen molar-refractivity contribution < 1.29 is 0 Å². The minimum Gasteiger partial charge on any atom is -0.405 e. The molecule has 0 amide bonds. The number of hydrogen-bond acceptors (Lipinski definition) is 3. The molecule has 7 heavy (non-hydrogen) atoms. The molecule has 0 aliphatic heterocycles. The van der Waals surface area contributed by atoms with Gasteiger partial charge < -0.3 is 5.73 Å². The Balaban J connectivity index is 3.09. The zero-order chi connectivity index (χ0) is 5.54. The first-order chi connectivity index (χ1) is 3.41. The quantitative estimate of drug-likeness (QED) is 0.428. The van der Waals surface area contributed by atoms with Crippen LogP contribution in [0.1, 0.15) is 0 Å². The highest BCUT2D eigenvalue weighted by molar-refractivity contribution is 7.97. The molecule has 40 valence electrons. The van der Waals surface area contributed by atoms with Crippen LogP contribution in [-0.2, 0) is 0 Å². The lowest BCUT2D eigenvalue weighted by Gasteiger charge is -1.71. The third-order valence-corrected chi connectivity index (χ3v) is 0.696. The van der Waals surface area contributed by atoms with Crippen LogP contribution in [0, 0.1) is 0 Å². The number of hydrogen-bond donors (Lipinski definition) is 1. The van der Waals surface area contributed by atoms with Gasteiger partial charge in [-0.05, 0) is 24.2 Å². The van der Waals surface area contributed by atoms with Crippen molar-refractivity contribution >= 4 is 18.2 Å². The zero-order valence-electron chi connectivity index (χ0n) is 4.16. The molecule has 2 N–H and O–H groups in total. The molecule has 2 nitrogen and oxygen atoms in total. The molecule has 0 fully saturated rings. The Morgan fingerprint density at radius 2 is 2.43 bits per heavy atom. The van der Waals surface area contributed by atoms with Crippen LogP contribution >= 0.6 is 11.9 Å². The molecular weight excluding hydrogens is 108 g/mol. The normalized spacial score (nSPS) is 11.6. The Morgan fingerprint density at radius 3 is 2.86 bits per heavy atom. The maximum Gasteiger partial charge on any atom is 0.0365 e. The summed E-state index contributed by atoms with van der Waals surface area (Å²) in [6, 6.07) is 0. The van der Waals surface area contributed by atoms with Crippen LogP contribution in [0.15, 0.2) is 16.7 Å². The van der Waals surface area contributed by atoms with Crippen molar-refractivity contribution in [3.63, 3.8) is 0 Å². The molecule has 0 unspecified atom stereocenters. The van der Waals surface area contributed by atoms with E-state index in [1.165, 1.54) is 18.1 Å². The average Bonchev–Trinajstić information content (AvgIpc) is 1.69. The van der Waals surface area contributed by atoms with Gasteiger partial charge in [0.2, 0.25) is 0 Å². The molecule has 0 aromatic rings. The minimum absolute atomic E-state index is 1.40. The van der Waals surface area contributed by atoms with E-state index in [9.17, 15) is 0 Å². The fourth-order valence-corrected chi connectivity index (χ4v) is 0.338. The molecule has 0 saturated heterocycles. The Hall–Kier alpha value is -0.440. The first-order valence-corrected chi connectivity index (χ1v) is 3.03. The molecule has 0 rings (SSSR count). The first-order valence-electron chi connectivity index (χ1n) is 1.85. The Morgan fingerprint density at radius 1 is 1.71 bits per heavy atom. The molecule has 0 aliphatic carbocycles. The van der Waals surface area contributed by atoms with Gasteiger partial charge in [0.25, 0.3) is 0 Å². The Bertz CT molecular complexity index is 77.8. The van der Waals surface area contributed by atoms with Crippen molar-refractivity contribution in [1.29, 1.82) is 0 Å². The highest BCUT2D eigenvalue weighted by Gasteiger charge is 1.58. The van der Waals surface area contributed by atoms with E-state index in [1.54, 1.807) is 12.3 Å². The van der Waals surface area contributed by atoms with Crippen LogP contribution in [0.4, 0.5) is 0 Å². The first kappa shape index (κ1) is 6.56. The van der Waals surface area contributed by atoms with E-state index in [0.29, 0.717) is 0 Å². The maximum absolute atomic E-state index is 4.99. The summed E-state index contributed by atoms with van der Waals surface area (Å²) < 4.78 is 3.79. The summed E-state index contributed by atoms with van der Waals surface area (Å²) in [6.45, 7) is 0. The van der Waals surface area contributed by atoms with Gasteiger partial charge in [0.15, 0.2) is 0 Å². The fraction of sp³-hybridized carbons (Fsp3) is 0.250. The van der Waals surface area contributed by atoms with Crippen LogP contribution in [0.2, 0.25) is 0 Å². The monoisotopic (exact) mass is 116 g/mol. The number of allylic oxidation sites excluding steroid dienone is 1. The molecule has 0 heterocycles. The van der Waals surface area contributed by atoms with Crippen molar-refractivity contribution in [2.75, 3.05) is 6.26 Å².